The Kier molecular flexibility index (Phi) is 4.94. The van der Waals surface area contributed by atoms with Crippen molar-refractivity contribution in [3.05, 3.63) is 46.3 Å². The monoisotopic (exact) mass is 298 g/mol. The molecule has 108 valence electrons. The van der Waals surface area contributed by atoms with Gasteiger partial charge in [0, 0.05) is 22.8 Å². The predicted molar refractivity (Wildman–Crippen MR) is 84.3 cm³/mol. The van der Waals surface area contributed by atoms with E-state index in [2.05, 4.69) is 21.4 Å². The predicted octanol–water partition coefficient (Wildman–Crippen LogP) is 3.14. The number of nitriles is 1. The first-order chi connectivity index (χ1) is 10.0. The van der Waals surface area contributed by atoms with E-state index in [1.807, 2.05) is 46.0 Å². The average Bonchev–Trinajstić information content (AvgIpc) is 2.46. The molecule has 2 rings (SSSR count). The van der Waals surface area contributed by atoms with E-state index in [-0.39, 0.29) is 0 Å². The molecule has 0 aliphatic heterocycles. The minimum Gasteiger partial charge on any atom is -0.316 e. The summed E-state index contributed by atoms with van der Waals surface area (Å²) in [7, 11) is 1.89. The minimum absolute atomic E-state index is 0.659. The number of aryl methyl sites for hydroxylation is 2. The summed E-state index contributed by atoms with van der Waals surface area (Å²) in [5.74, 6) is 0. The fourth-order valence-corrected chi connectivity index (χ4v) is 2.87. The number of nitrogens with one attached hydrogen (secondary N) is 1. The Bertz CT molecular complexity index is 681. The number of rotatable bonds is 4. The molecule has 0 radical (unpaired) electrons. The van der Waals surface area contributed by atoms with Crippen LogP contribution in [0, 0.1) is 32.1 Å². The van der Waals surface area contributed by atoms with E-state index in [4.69, 9.17) is 0 Å². The van der Waals surface area contributed by atoms with Gasteiger partial charge in [0.1, 0.15) is 6.07 Å². The fourth-order valence-electron chi connectivity index (χ4n) is 1.95. The number of hydrogen-bond donors (Lipinski definition) is 1. The lowest BCUT2D eigenvalue weighted by Gasteiger charge is -2.08. The summed E-state index contributed by atoms with van der Waals surface area (Å²) in [6.45, 7) is 6.73. The Morgan fingerprint density at radius 1 is 1.19 bits per heavy atom. The first-order valence-corrected chi connectivity index (χ1v) is 7.54. The SMILES string of the molecule is CNCc1ccc(Sc2nc(C)c(C)c(C)n2)c(C#N)c1. The molecule has 0 saturated heterocycles. The normalized spacial score (nSPS) is 10.4. The molecule has 4 nitrogen and oxygen atoms in total. The van der Waals surface area contributed by atoms with E-state index in [1.165, 1.54) is 11.8 Å². The second-order valence-electron chi connectivity index (χ2n) is 4.88. The van der Waals surface area contributed by atoms with Crippen molar-refractivity contribution < 1.29 is 0 Å². The first kappa shape index (κ1) is 15.5. The van der Waals surface area contributed by atoms with Crippen LogP contribution in [0.15, 0.2) is 28.3 Å². The molecular weight excluding hydrogens is 280 g/mol. The molecule has 1 N–H and O–H groups in total. The van der Waals surface area contributed by atoms with Gasteiger partial charge in [0.15, 0.2) is 5.16 Å². The highest BCUT2D eigenvalue weighted by molar-refractivity contribution is 7.99. The molecule has 0 aliphatic rings. The van der Waals surface area contributed by atoms with E-state index in [9.17, 15) is 5.26 Å². The quantitative estimate of drug-likeness (QED) is 0.879. The average molecular weight is 298 g/mol. The molecule has 0 unspecified atom stereocenters. The van der Waals surface area contributed by atoms with E-state index in [0.717, 1.165) is 34.0 Å². The third-order valence-electron chi connectivity index (χ3n) is 3.36. The zero-order chi connectivity index (χ0) is 15.4. The molecule has 21 heavy (non-hydrogen) atoms. The maximum atomic E-state index is 9.32. The molecule has 0 bridgehead atoms. The van der Waals surface area contributed by atoms with Gasteiger partial charge in [0.25, 0.3) is 0 Å². The van der Waals surface area contributed by atoms with E-state index in [1.54, 1.807) is 0 Å². The van der Waals surface area contributed by atoms with Crippen molar-refractivity contribution in [1.29, 1.82) is 5.26 Å². The molecule has 1 aromatic carbocycles. The van der Waals surface area contributed by atoms with Crippen molar-refractivity contribution in [2.45, 2.75) is 37.4 Å². The third kappa shape index (κ3) is 3.60. The van der Waals surface area contributed by atoms with Crippen molar-refractivity contribution in [3.8, 4) is 6.07 Å². The fraction of sp³-hybridized carbons (Fsp3) is 0.312. The van der Waals surface area contributed by atoms with Gasteiger partial charge < -0.3 is 5.32 Å². The van der Waals surface area contributed by atoms with Crippen molar-refractivity contribution >= 4 is 11.8 Å². The van der Waals surface area contributed by atoms with Crippen LogP contribution in [-0.4, -0.2) is 17.0 Å². The molecule has 0 amide bonds. The highest BCUT2D eigenvalue weighted by Crippen LogP contribution is 2.29. The lowest BCUT2D eigenvalue weighted by atomic mass is 10.1. The highest BCUT2D eigenvalue weighted by Gasteiger charge is 2.10. The number of benzene rings is 1. The van der Waals surface area contributed by atoms with Crippen LogP contribution in [0.2, 0.25) is 0 Å². The van der Waals surface area contributed by atoms with Gasteiger partial charge in [-0.05, 0) is 62.8 Å². The lowest BCUT2D eigenvalue weighted by Crippen LogP contribution is -2.05. The molecule has 2 aromatic rings. The first-order valence-electron chi connectivity index (χ1n) is 6.72. The molecule has 5 heteroatoms. The van der Waals surface area contributed by atoms with Crippen LogP contribution in [0.5, 0.6) is 0 Å². The van der Waals surface area contributed by atoms with Crippen LogP contribution in [0.4, 0.5) is 0 Å². The van der Waals surface area contributed by atoms with Crippen molar-refractivity contribution in [2.24, 2.45) is 0 Å². The molecule has 1 heterocycles. The molecule has 1 aromatic heterocycles. The molecule has 0 saturated carbocycles. The van der Waals surface area contributed by atoms with E-state index < -0.39 is 0 Å². The summed E-state index contributed by atoms with van der Waals surface area (Å²) in [6.07, 6.45) is 0. The Hall–Kier alpha value is -1.90. The van der Waals surface area contributed by atoms with Crippen molar-refractivity contribution in [1.82, 2.24) is 15.3 Å². The number of nitrogens with zero attached hydrogens (tertiary/aromatic N) is 3. The van der Waals surface area contributed by atoms with Crippen molar-refractivity contribution in [2.75, 3.05) is 7.05 Å². The largest absolute Gasteiger partial charge is 0.316 e. The van der Waals surface area contributed by atoms with Gasteiger partial charge in [0.2, 0.25) is 0 Å². The summed E-state index contributed by atoms with van der Waals surface area (Å²) in [5, 5.41) is 13.1. The zero-order valence-electron chi connectivity index (χ0n) is 12.7. The Labute approximate surface area is 129 Å². The summed E-state index contributed by atoms with van der Waals surface area (Å²) < 4.78 is 0. The summed E-state index contributed by atoms with van der Waals surface area (Å²) in [5.41, 5.74) is 4.83. The van der Waals surface area contributed by atoms with Crippen LogP contribution >= 0.6 is 11.8 Å². The van der Waals surface area contributed by atoms with Crippen LogP contribution < -0.4 is 5.32 Å². The third-order valence-corrected chi connectivity index (χ3v) is 4.30. The van der Waals surface area contributed by atoms with Gasteiger partial charge in [-0.2, -0.15) is 5.26 Å². The van der Waals surface area contributed by atoms with Crippen LogP contribution in [0.3, 0.4) is 0 Å². The molecule has 0 fully saturated rings. The Morgan fingerprint density at radius 3 is 2.43 bits per heavy atom. The second-order valence-corrected chi connectivity index (χ2v) is 5.89. The highest BCUT2D eigenvalue weighted by atomic mass is 32.2. The second kappa shape index (κ2) is 6.70. The maximum absolute atomic E-state index is 9.32. The smallest absolute Gasteiger partial charge is 0.192 e. The minimum atomic E-state index is 0.659. The number of aromatic nitrogens is 2. The van der Waals surface area contributed by atoms with Gasteiger partial charge >= 0.3 is 0 Å². The standard InChI is InChI=1S/C16H18N4S/c1-10-11(2)19-16(20-12(10)3)21-15-6-5-13(9-18-4)7-14(15)8-17/h5-7,18H,9H2,1-4H3. The molecule has 0 spiro atoms. The topological polar surface area (TPSA) is 61.6 Å². The van der Waals surface area contributed by atoms with E-state index in [0.29, 0.717) is 10.7 Å². The van der Waals surface area contributed by atoms with Crippen LogP contribution in [0.25, 0.3) is 0 Å². The van der Waals surface area contributed by atoms with E-state index >= 15 is 0 Å². The summed E-state index contributed by atoms with van der Waals surface area (Å²) >= 11 is 1.44. The number of hydrogen-bond acceptors (Lipinski definition) is 5. The maximum Gasteiger partial charge on any atom is 0.192 e. The lowest BCUT2D eigenvalue weighted by molar-refractivity contribution is 0.816. The summed E-state index contributed by atoms with van der Waals surface area (Å²) in [6, 6.07) is 8.14. The van der Waals surface area contributed by atoms with Gasteiger partial charge in [0.05, 0.1) is 5.56 Å². The summed E-state index contributed by atoms with van der Waals surface area (Å²) in [4.78, 5) is 9.88. The van der Waals surface area contributed by atoms with Gasteiger partial charge in [-0.1, -0.05) is 6.07 Å². The van der Waals surface area contributed by atoms with Crippen molar-refractivity contribution in [3.63, 3.8) is 0 Å². The van der Waals surface area contributed by atoms with Gasteiger partial charge in [-0.25, -0.2) is 9.97 Å². The molecule has 0 aliphatic carbocycles. The Morgan fingerprint density at radius 2 is 1.86 bits per heavy atom. The molecular formula is C16H18N4S. The van der Waals surface area contributed by atoms with Gasteiger partial charge in [-0.15, -0.1) is 0 Å². The van der Waals surface area contributed by atoms with Crippen LogP contribution in [-0.2, 0) is 6.54 Å². The Balaban J connectivity index is 2.33. The zero-order valence-corrected chi connectivity index (χ0v) is 13.5. The molecule has 0 atom stereocenters. The van der Waals surface area contributed by atoms with Gasteiger partial charge in [-0.3, -0.25) is 0 Å². The van der Waals surface area contributed by atoms with Crippen LogP contribution in [0.1, 0.15) is 28.1 Å².